The number of benzene rings is 2. The maximum atomic E-state index is 13.3. The number of methoxy groups -OCH3 is 1. The van der Waals surface area contributed by atoms with Crippen molar-refractivity contribution in [3.05, 3.63) is 65.7 Å². The van der Waals surface area contributed by atoms with Crippen LogP contribution in [0.4, 0.5) is 0 Å². The Bertz CT molecular complexity index is 780. The fourth-order valence-corrected chi connectivity index (χ4v) is 4.13. The van der Waals surface area contributed by atoms with E-state index in [9.17, 15) is 4.79 Å². The van der Waals surface area contributed by atoms with E-state index < -0.39 is 5.41 Å². The van der Waals surface area contributed by atoms with Crippen LogP contribution in [0, 0.1) is 0 Å². The highest BCUT2D eigenvalue weighted by atomic mass is 16.5. The van der Waals surface area contributed by atoms with Gasteiger partial charge in [-0.2, -0.15) is 0 Å². The number of likely N-dealkylation sites (tertiary alicyclic amines) is 1. The summed E-state index contributed by atoms with van der Waals surface area (Å²) in [6, 6.07) is 18.3. The van der Waals surface area contributed by atoms with E-state index in [1.165, 1.54) is 18.4 Å². The Morgan fingerprint density at radius 1 is 1.11 bits per heavy atom. The molecule has 2 fully saturated rings. The first-order chi connectivity index (χ1) is 13.2. The van der Waals surface area contributed by atoms with E-state index in [1.54, 1.807) is 7.11 Å². The van der Waals surface area contributed by atoms with Crippen LogP contribution in [0.3, 0.4) is 0 Å². The topological polar surface area (TPSA) is 41.6 Å². The number of hydrogen-bond acceptors (Lipinski definition) is 3. The number of carbonyl (C=O) groups excluding carboxylic acids is 1. The number of carbonyl (C=O) groups is 1. The van der Waals surface area contributed by atoms with E-state index in [2.05, 4.69) is 22.3 Å². The maximum Gasteiger partial charge on any atom is 0.231 e. The fourth-order valence-electron chi connectivity index (χ4n) is 4.13. The molecule has 2 aromatic rings. The highest BCUT2D eigenvalue weighted by Gasteiger charge is 2.51. The molecule has 1 aliphatic heterocycles. The largest absolute Gasteiger partial charge is 0.497 e. The predicted molar refractivity (Wildman–Crippen MR) is 107 cm³/mol. The molecule has 0 spiro atoms. The second-order valence-electron chi connectivity index (χ2n) is 7.76. The lowest BCUT2D eigenvalue weighted by atomic mass is 9.93. The van der Waals surface area contributed by atoms with Crippen molar-refractivity contribution in [2.75, 3.05) is 26.7 Å². The van der Waals surface area contributed by atoms with E-state index in [1.807, 2.05) is 42.5 Å². The van der Waals surface area contributed by atoms with Crippen LogP contribution in [0.2, 0.25) is 0 Å². The van der Waals surface area contributed by atoms with E-state index in [0.29, 0.717) is 0 Å². The standard InChI is InChI=1S/C23H28N2O2/c1-27-20-11-7-10-19(16-20)23(12-13-23)22(26)24-21(17-25-14-5-6-15-25)18-8-3-2-4-9-18/h2-4,7-11,16,21H,5-6,12-15,17H2,1H3,(H,24,26)/t21-/m1/s1. The first kappa shape index (κ1) is 18.1. The Hall–Kier alpha value is -2.33. The second kappa shape index (κ2) is 7.73. The quantitative estimate of drug-likeness (QED) is 0.815. The van der Waals surface area contributed by atoms with Crippen molar-refractivity contribution in [2.45, 2.75) is 37.1 Å². The van der Waals surface area contributed by atoms with E-state index in [0.717, 1.165) is 43.8 Å². The average Bonchev–Trinajstić information content (AvgIpc) is 3.38. The van der Waals surface area contributed by atoms with Crippen molar-refractivity contribution in [3.8, 4) is 5.75 Å². The molecule has 2 aromatic carbocycles. The third-order valence-electron chi connectivity index (χ3n) is 5.95. The lowest BCUT2D eigenvalue weighted by Crippen LogP contribution is -2.41. The van der Waals surface area contributed by atoms with Gasteiger partial charge in [0.1, 0.15) is 5.75 Å². The van der Waals surface area contributed by atoms with Gasteiger partial charge in [-0.05, 0) is 62.0 Å². The molecule has 4 nitrogen and oxygen atoms in total. The highest BCUT2D eigenvalue weighted by molar-refractivity contribution is 5.91. The number of hydrogen-bond donors (Lipinski definition) is 1. The van der Waals surface area contributed by atoms with Crippen LogP contribution in [0.1, 0.15) is 42.9 Å². The van der Waals surface area contributed by atoms with Crippen LogP contribution in [0.25, 0.3) is 0 Å². The molecule has 1 saturated heterocycles. The molecule has 142 valence electrons. The lowest BCUT2D eigenvalue weighted by molar-refractivity contribution is -0.124. The summed E-state index contributed by atoms with van der Waals surface area (Å²) in [5.41, 5.74) is 1.85. The molecule has 4 heteroatoms. The van der Waals surface area contributed by atoms with Gasteiger partial charge in [0.2, 0.25) is 5.91 Å². The Labute approximate surface area is 161 Å². The van der Waals surface area contributed by atoms with Crippen LogP contribution in [0.5, 0.6) is 5.75 Å². The number of amides is 1. The molecule has 0 aromatic heterocycles. The molecule has 1 N–H and O–H groups in total. The molecular weight excluding hydrogens is 336 g/mol. The second-order valence-corrected chi connectivity index (χ2v) is 7.76. The predicted octanol–water partition coefficient (Wildman–Crippen LogP) is 3.68. The SMILES string of the molecule is COc1cccc(C2(C(=O)N[C@H](CN3CCCC3)c3ccccc3)CC2)c1. The molecule has 0 bridgehead atoms. The van der Waals surface area contributed by atoms with Gasteiger partial charge < -0.3 is 15.0 Å². The van der Waals surface area contributed by atoms with Crippen molar-refractivity contribution >= 4 is 5.91 Å². The van der Waals surface area contributed by atoms with Crippen LogP contribution >= 0.6 is 0 Å². The Morgan fingerprint density at radius 2 is 1.85 bits per heavy atom. The summed E-state index contributed by atoms with van der Waals surface area (Å²) in [7, 11) is 1.67. The number of nitrogens with zero attached hydrogens (tertiary/aromatic N) is 1. The van der Waals surface area contributed by atoms with Crippen molar-refractivity contribution < 1.29 is 9.53 Å². The van der Waals surface area contributed by atoms with Crippen molar-refractivity contribution in [1.82, 2.24) is 10.2 Å². The zero-order valence-corrected chi connectivity index (χ0v) is 16.0. The van der Waals surface area contributed by atoms with Gasteiger partial charge in [-0.25, -0.2) is 0 Å². The smallest absolute Gasteiger partial charge is 0.231 e. The van der Waals surface area contributed by atoms with Crippen LogP contribution in [0.15, 0.2) is 54.6 Å². The van der Waals surface area contributed by atoms with Gasteiger partial charge in [0, 0.05) is 6.54 Å². The number of ether oxygens (including phenoxy) is 1. The Kier molecular flexibility index (Phi) is 5.17. The molecule has 27 heavy (non-hydrogen) atoms. The van der Waals surface area contributed by atoms with Crippen LogP contribution in [-0.2, 0) is 10.2 Å². The third-order valence-corrected chi connectivity index (χ3v) is 5.95. The summed E-state index contributed by atoms with van der Waals surface area (Å²) < 4.78 is 5.36. The van der Waals surface area contributed by atoms with E-state index in [4.69, 9.17) is 4.74 Å². The highest BCUT2D eigenvalue weighted by Crippen LogP contribution is 2.49. The van der Waals surface area contributed by atoms with Crippen molar-refractivity contribution in [2.24, 2.45) is 0 Å². The van der Waals surface area contributed by atoms with Gasteiger partial charge in [-0.15, -0.1) is 0 Å². The van der Waals surface area contributed by atoms with Crippen LogP contribution in [-0.4, -0.2) is 37.6 Å². The molecule has 4 rings (SSSR count). The zero-order chi connectivity index (χ0) is 18.7. The Morgan fingerprint density at radius 3 is 2.52 bits per heavy atom. The summed E-state index contributed by atoms with van der Waals surface area (Å²) >= 11 is 0. The molecule has 0 unspecified atom stereocenters. The number of nitrogens with one attached hydrogen (secondary N) is 1. The third kappa shape index (κ3) is 3.86. The number of rotatable bonds is 7. The van der Waals surface area contributed by atoms with Gasteiger partial charge in [0.15, 0.2) is 0 Å². The van der Waals surface area contributed by atoms with Crippen LogP contribution < -0.4 is 10.1 Å². The molecule has 1 aliphatic carbocycles. The monoisotopic (exact) mass is 364 g/mol. The summed E-state index contributed by atoms with van der Waals surface area (Å²) in [6.07, 6.45) is 4.31. The van der Waals surface area contributed by atoms with E-state index in [-0.39, 0.29) is 11.9 Å². The molecule has 1 saturated carbocycles. The molecule has 1 heterocycles. The van der Waals surface area contributed by atoms with Crippen molar-refractivity contribution in [3.63, 3.8) is 0 Å². The molecule has 1 amide bonds. The normalized spacial score (nSPS) is 19.4. The van der Waals surface area contributed by atoms with Gasteiger partial charge in [0.05, 0.1) is 18.6 Å². The minimum Gasteiger partial charge on any atom is -0.497 e. The summed E-state index contributed by atoms with van der Waals surface area (Å²) in [4.78, 5) is 15.8. The Balaban J connectivity index is 1.54. The summed E-state index contributed by atoms with van der Waals surface area (Å²) in [5.74, 6) is 0.951. The first-order valence-electron chi connectivity index (χ1n) is 9.94. The lowest BCUT2D eigenvalue weighted by Gasteiger charge is -2.27. The van der Waals surface area contributed by atoms with Gasteiger partial charge >= 0.3 is 0 Å². The maximum absolute atomic E-state index is 13.3. The summed E-state index contributed by atoms with van der Waals surface area (Å²) in [5, 5.41) is 3.38. The van der Waals surface area contributed by atoms with Crippen molar-refractivity contribution in [1.29, 1.82) is 0 Å². The van der Waals surface area contributed by atoms with Gasteiger partial charge in [-0.3, -0.25) is 4.79 Å². The molecule has 1 atom stereocenters. The molecular formula is C23H28N2O2. The first-order valence-corrected chi connectivity index (χ1v) is 9.94. The molecule has 2 aliphatic rings. The minimum absolute atomic E-state index is 0.0277. The molecule has 0 radical (unpaired) electrons. The van der Waals surface area contributed by atoms with E-state index >= 15 is 0 Å². The fraction of sp³-hybridized carbons (Fsp3) is 0.435. The average molecular weight is 364 g/mol. The van der Waals surface area contributed by atoms with Gasteiger partial charge in [-0.1, -0.05) is 42.5 Å². The zero-order valence-electron chi connectivity index (χ0n) is 16.0. The van der Waals surface area contributed by atoms with Gasteiger partial charge in [0.25, 0.3) is 0 Å². The summed E-state index contributed by atoms with van der Waals surface area (Å²) in [6.45, 7) is 3.13. The minimum atomic E-state index is -0.396.